The minimum Gasteiger partial charge on any atom is -0.451 e. The molecule has 1 rings (SSSR count). The summed E-state index contributed by atoms with van der Waals surface area (Å²) < 4.78 is 5.04. The third kappa shape index (κ3) is 4.46. The lowest BCUT2D eigenvalue weighted by Gasteiger charge is -2.23. The summed E-state index contributed by atoms with van der Waals surface area (Å²) in [6.45, 7) is 6.09. The van der Waals surface area contributed by atoms with Gasteiger partial charge < -0.3 is 15.8 Å². The van der Waals surface area contributed by atoms with Gasteiger partial charge >= 0.3 is 18.0 Å². The van der Waals surface area contributed by atoms with E-state index in [4.69, 9.17) is 10.5 Å². The maximum absolute atomic E-state index is 12.4. The van der Waals surface area contributed by atoms with E-state index < -0.39 is 54.0 Å². The summed E-state index contributed by atoms with van der Waals surface area (Å²) in [6.07, 6.45) is -0.507. The first-order valence-electron chi connectivity index (χ1n) is 8.01. The fourth-order valence-corrected chi connectivity index (χ4v) is 2.54. The Morgan fingerprint density at radius 3 is 2.20 bits per heavy atom. The second-order valence-corrected chi connectivity index (χ2v) is 6.12. The van der Waals surface area contributed by atoms with E-state index in [-0.39, 0.29) is 0 Å². The van der Waals surface area contributed by atoms with E-state index in [2.05, 4.69) is 5.32 Å². The van der Waals surface area contributed by atoms with Crippen LogP contribution in [0.15, 0.2) is 0 Å². The Bertz CT molecular complexity index is 585. The molecule has 1 saturated heterocycles. The van der Waals surface area contributed by atoms with Crippen LogP contribution in [0.2, 0.25) is 0 Å². The summed E-state index contributed by atoms with van der Waals surface area (Å²) in [4.78, 5) is 59.9. The number of amides is 6. The SMILES string of the molecule is CCC1(CC)NC(=O)N(CC(=O)O[C@H](C(=O)NC(N)=O)C(C)C)C1=O. The van der Waals surface area contributed by atoms with Crippen LogP contribution in [-0.2, 0) is 19.1 Å². The quantitative estimate of drug-likeness (QED) is 0.427. The van der Waals surface area contributed by atoms with Gasteiger partial charge in [0.05, 0.1) is 0 Å². The molecular formula is C15H24N4O6. The molecule has 10 nitrogen and oxygen atoms in total. The van der Waals surface area contributed by atoms with Gasteiger partial charge in [0.1, 0.15) is 12.1 Å². The van der Waals surface area contributed by atoms with Gasteiger partial charge in [0.15, 0.2) is 6.10 Å². The van der Waals surface area contributed by atoms with Gasteiger partial charge in [-0.15, -0.1) is 0 Å². The molecule has 0 spiro atoms. The van der Waals surface area contributed by atoms with Crippen molar-refractivity contribution in [3.05, 3.63) is 0 Å². The fraction of sp³-hybridized carbons (Fsp3) is 0.667. The molecule has 6 amide bonds. The van der Waals surface area contributed by atoms with Crippen molar-refractivity contribution in [3.8, 4) is 0 Å². The molecule has 1 atom stereocenters. The molecule has 4 N–H and O–H groups in total. The van der Waals surface area contributed by atoms with Crippen molar-refractivity contribution in [2.45, 2.75) is 52.2 Å². The highest BCUT2D eigenvalue weighted by molar-refractivity contribution is 6.08. The van der Waals surface area contributed by atoms with E-state index in [9.17, 15) is 24.0 Å². The number of carbonyl (C=O) groups excluding carboxylic acids is 5. The molecule has 0 aliphatic carbocycles. The smallest absolute Gasteiger partial charge is 0.327 e. The Hall–Kier alpha value is -2.65. The van der Waals surface area contributed by atoms with Crippen LogP contribution in [-0.4, -0.2) is 52.9 Å². The van der Waals surface area contributed by atoms with Crippen molar-refractivity contribution >= 4 is 29.8 Å². The average Bonchev–Trinajstić information content (AvgIpc) is 2.76. The van der Waals surface area contributed by atoms with Gasteiger partial charge in [-0.1, -0.05) is 27.7 Å². The van der Waals surface area contributed by atoms with E-state index in [0.717, 1.165) is 4.90 Å². The van der Waals surface area contributed by atoms with Crippen LogP contribution in [0.25, 0.3) is 0 Å². The summed E-state index contributed by atoms with van der Waals surface area (Å²) in [6, 6.07) is -1.76. The van der Waals surface area contributed by atoms with Gasteiger partial charge in [0.2, 0.25) is 0 Å². The number of nitrogens with two attached hydrogens (primary N) is 1. The molecule has 10 heteroatoms. The molecule has 0 aromatic carbocycles. The molecule has 1 fully saturated rings. The Kier molecular flexibility index (Phi) is 6.49. The number of esters is 1. The van der Waals surface area contributed by atoms with Crippen molar-refractivity contribution in [2.24, 2.45) is 11.7 Å². The standard InChI is InChI=1S/C15H24N4O6/c1-5-15(6-2)12(22)19(14(24)18-15)7-9(20)25-10(8(3)4)11(21)17-13(16)23/h8,10H,5-7H2,1-4H3,(H,18,24)(H3,16,17,21,23)/t10-/m0/s1. The Morgan fingerprint density at radius 1 is 1.24 bits per heavy atom. The first kappa shape index (κ1) is 20.4. The van der Waals surface area contributed by atoms with Crippen molar-refractivity contribution in [1.29, 1.82) is 0 Å². The second-order valence-electron chi connectivity index (χ2n) is 6.12. The lowest BCUT2D eigenvalue weighted by molar-refractivity contribution is -0.159. The zero-order valence-electron chi connectivity index (χ0n) is 14.8. The normalized spacial score (nSPS) is 17.2. The molecule has 1 aliphatic rings. The van der Waals surface area contributed by atoms with Crippen LogP contribution in [0.5, 0.6) is 0 Å². The first-order chi connectivity index (χ1) is 11.6. The monoisotopic (exact) mass is 356 g/mol. The van der Waals surface area contributed by atoms with Gasteiger partial charge in [-0.2, -0.15) is 0 Å². The van der Waals surface area contributed by atoms with Crippen LogP contribution < -0.4 is 16.4 Å². The van der Waals surface area contributed by atoms with E-state index >= 15 is 0 Å². The number of carbonyl (C=O) groups is 5. The number of rotatable bonds is 7. The van der Waals surface area contributed by atoms with Crippen LogP contribution in [0, 0.1) is 5.92 Å². The van der Waals surface area contributed by atoms with Gasteiger partial charge in [-0.05, 0) is 18.8 Å². The van der Waals surface area contributed by atoms with Crippen LogP contribution in [0.4, 0.5) is 9.59 Å². The van der Waals surface area contributed by atoms with Gasteiger partial charge in [0, 0.05) is 0 Å². The molecule has 0 saturated carbocycles. The zero-order chi connectivity index (χ0) is 19.4. The van der Waals surface area contributed by atoms with Crippen LogP contribution in [0.1, 0.15) is 40.5 Å². The number of hydrogen-bond donors (Lipinski definition) is 3. The number of urea groups is 2. The highest BCUT2D eigenvalue weighted by Crippen LogP contribution is 2.24. The van der Waals surface area contributed by atoms with E-state index in [1.165, 1.54) is 0 Å². The predicted molar refractivity (Wildman–Crippen MR) is 86.0 cm³/mol. The molecule has 0 aromatic heterocycles. The molecule has 0 aromatic rings. The first-order valence-corrected chi connectivity index (χ1v) is 8.01. The Labute approximate surface area is 145 Å². The number of imide groups is 2. The molecule has 25 heavy (non-hydrogen) atoms. The summed E-state index contributed by atoms with van der Waals surface area (Å²) in [5.74, 6) is -2.77. The van der Waals surface area contributed by atoms with Crippen molar-refractivity contribution in [3.63, 3.8) is 0 Å². The lowest BCUT2D eigenvalue weighted by atomic mass is 9.93. The molecule has 1 heterocycles. The van der Waals surface area contributed by atoms with Crippen molar-refractivity contribution in [2.75, 3.05) is 6.54 Å². The third-order valence-corrected chi connectivity index (χ3v) is 4.11. The zero-order valence-corrected chi connectivity index (χ0v) is 14.8. The maximum atomic E-state index is 12.4. The fourth-order valence-electron chi connectivity index (χ4n) is 2.54. The largest absolute Gasteiger partial charge is 0.451 e. The maximum Gasteiger partial charge on any atom is 0.327 e. The number of ether oxygens (including phenoxy) is 1. The summed E-state index contributed by atoms with van der Waals surface area (Å²) in [5.41, 5.74) is 3.84. The lowest BCUT2D eigenvalue weighted by Crippen LogP contribution is -2.48. The van der Waals surface area contributed by atoms with Crippen LogP contribution >= 0.6 is 0 Å². The Morgan fingerprint density at radius 2 is 1.80 bits per heavy atom. The average molecular weight is 356 g/mol. The molecule has 0 bridgehead atoms. The number of nitrogens with zero attached hydrogens (tertiary/aromatic N) is 1. The van der Waals surface area contributed by atoms with Crippen molar-refractivity contribution < 1.29 is 28.7 Å². The number of hydrogen-bond acceptors (Lipinski definition) is 6. The van der Waals surface area contributed by atoms with E-state index in [1.54, 1.807) is 27.7 Å². The van der Waals surface area contributed by atoms with Crippen molar-refractivity contribution in [1.82, 2.24) is 15.5 Å². The van der Waals surface area contributed by atoms with Gasteiger partial charge in [-0.3, -0.25) is 24.6 Å². The van der Waals surface area contributed by atoms with Gasteiger partial charge in [0.25, 0.3) is 11.8 Å². The third-order valence-electron chi connectivity index (χ3n) is 4.11. The molecule has 1 aliphatic heterocycles. The van der Waals surface area contributed by atoms with E-state index in [0.29, 0.717) is 12.8 Å². The molecular weight excluding hydrogens is 332 g/mol. The van der Waals surface area contributed by atoms with E-state index in [1.807, 2.05) is 5.32 Å². The number of nitrogens with one attached hydrogen (secondary N) is 2. The topological polar surface area (TPSA) is 148 Å². The minimum absolute atomic E-state index is 0.384. The summed E-state index contributed by atoms with van der Waals surface area (Å²) in [7, 11) is 0. The molecule has 0 unspecified atom stereocenters. The predicted octanol–water partition coefficient (Wildman–Crippen LogP) is -0.140. The highest BCUT2D eigenvalue weighted by atomic mass is 16.5. The molecule has 140 valence electrons. The Balaban J connectivity index is 2.81. The van der Waals surface area contributed by atoms with Gasteiger partial charge in [-0.25, -0.2) is 9.59 Å². The summed E-state index contributed by atoms with van der Waals surface area (Å²) in [5, 5.41) is 4.42. The number of primary amides is 1. The van der Waals surface area contributed by atoms with Crippen LogP contribution in [0.3, 0.4) is 0 Å². The highest BCUT2D eigenvalue weighted by Gasteiger charge is 2.49. The minimum atomic E-state index is -1.28. The summed E-state index contributed by atoms with van der Waals surface area (Å²) >= 11 is 0. The second kappa shape index (κ2) is 7.95. The molecule has 0 radical (unpaired) electrons.